The summed E-state index contributed by atoms with van der Waals surface area (Å²) in [6, 6.07) is 0. The van der Waals surface area contributed by atoms with Gasteiger partial charge in [0.15, 0.2) is 0 Å². The summed E-state index contributed by atoms with van der Waals surface area (Å²) < 4.78 is 0. The molecule has 0 atom stereocenters. The molecule has 10 heavy (non-hydrogen) atoms. The number of nitrogens with two attached hydrogens (primary N) is 1. The zero-order chi connectivity index (χ0) is 8.15. The molecule has 0 aliphatic carbocycles. The van der Waals surface area contributed by atoms with Gasteiger partial charge < -0.3 is 5.32 Å². The summed E-state index contributed by atoms with van der Waals surface area (Å²) in [5.41, 5.74) is 0. The van der Waals surface area contributed by atoms with Crippen LogP contribution in [0.2, 0.25) is 0 Å². The van der Waals surface area contributed by atoms with Gasteiger partial charge in [0.25, 0.3) is 5.91 Å². The molecule has 5 nitrogen and oxygen atoms in total. The van der Waals surface area contributed by atoms with Gasteiger partial charge in [0.2, 0.25) is 5.91 Å². The van der Waals surface area contributed by atoms with E-state index < -0.39 is 0 Å². The number of hydrazine groups is 1. The molecule has 0 saturated heterocycles. The van der Waals surface area contributed by atoms with Gasteiger partial charge in [-0.2, -0.15) is 0 Å². The average Bonchev–Trinajstić information content (AvgIpc) is 1.82. The molecule has 0 saturated carbocycles. The Morgan fingerprint density at radius 2 is 2.10 bits per heavy atom. The number of hydrogen-bond donors (Lipinski definition) is 2. The van der Waals surface area contributed by atoms with E-state index in [1.165, 1.54) is 14.0 Å². The SMILES string of the molecule is CC(=O)NCC(=O)N(C)N. The number of hydrogen-bond acceptors (Lipinski definition) is 3. The molecular weight excluding hydrogens is 134 g/mol. The molecule has 0 rings (SSSR count). The minimum absolute atomic E-state index is 0.0394. The highest BCUT2D eigenvalue weighted by molar-refractivity contribution is 5.83. The van der Waals surface area contributed by atoms with Crippen molar-refractivity contribution in [2.24, 2.45) is 5.84 Å². The lowest BCUT2D eigenvalue weighted by molar-refractivity contribution is -0.131. The van der Waals surface area contributed by atoms with E-state index in [2.05, 4.69) is 5.32 Å². The molecule has 0 radical (unpaired) electrons. The maximum absolute atomic E-state index is 10.6. The lowest BCUT2D eigenvalue weighted by Crippen LogP contribution is -2.40. The van der Waals surface area contributed by atoms with E-state index in [9.17, 15) is 9.59 Å². The maximum atomic E-state index is 10.6. The molecule has 0 aromatic rings. The third-order valence-corrected chi connectivity index (χ3v) is 0.882. The Kier molecular flexibility index (Phi) is 3.42. The fraction of sp³-hybridized carbons (Fsp3) is 0.600. The van der Waals surface area contributed by atoms with Gasteiger partial charge in [0.1, 0.15) is 0 Å². The second kappa shape index (κ2) is 3.84. The third-order valence-electron chi connectivity index (χ3n) is 0.882. The molecule has 2 amide bonds. The Morgan fingerprint density at radius 3 is 2.40 bits per heavy atom. The van der Waals surface area contributed by atoms with Gasteiger partial charge in [0.05, 0.1) is 6.54 Å². The molecule has 0 fully saturated rings. The highest BCUT2D eigenvalue weighted by Gasteiger charge is 2.03. The minimum atomic E-state index is -0.324. The van der Waals surface area contributed by atoms with Crippen LogP contribution in [0.15, 0.2) is 0 Å². The van der Waals surface area contributed by atoms with Crippen molar-refractivity contribution in [1.29, 1.82) is 0 Å². The Morgan fingerprint density at radius 1 is 1.60 bits per heavy atom. The Balaban J connectivity index is 3.50. The van der Waals surface area contributed by atoms with Crippen molar-refractivity contribution in [3.05, 3.63) is 0 Å². The van der Waals surface area contributed by atoms with Crippen LogP contribution >= 0.6 is 0 Å². The molecule has 0 unspecified atom stereocenters. The van der Waals surface area contributed by atoms with E-state index in [4.69, 9.17) is 5.84 Å². The van der Waals surface area contributed by atoms with E-state index >= 15 is 0 Å². The van der Waals surface area contributed by atoms with Crippen molar-refractivity contribution in [2.75, 3.05) is 13.6 Å². The molecule has 5 heteroatoms. The van der Waals surface area contributed by atoms with Gasteiger partial charge in [-0.3, -0.25) is 14.6 Å². The average molecular weight is 145 g/mol. The molecular formula is C5H11N3O2. The van der Waals surface area contributed by atoms with Gasteiger partial charge in [0, 0.05) is 14.0 Å². The first-order chi connectivity index (χ1) is 4.54. The van der Waals surface area contributed by atoms with Crippen molar-refractivity contribution >= 4 is 11.8 Å². The number of carbonyl (C=O) groups excluding carboxylic acids is 2. The van der Waals surface area contributed by atoms with Crippen LogP contribution in [-0.4, -0.2) is 30.4 Å². The molecule has 58 valence electrons. The quantitative estimate of drug-likeness (QED) is 0.281. The molecule has 0 aromatic carbocycles. The van der Waals surface area contributed by atoms with Gasteiger partial charge in [-0.05, 0) is 0 Å². The monoisotopic (exact) mass is 145 g/mol. The van der Waals surface area contributed by atoms with Crippen LogP contribution in [0.3, 0.4) is 0 Å². The summed E-state index contributed by atoms with van der Waals surface area (Å²) in [7, 11) is 1.42. The highest BCUT2D eigenvalue weighted by atomic mass is 16.2. The standard InChI is InChI=1S/C5H11N3O2/c1-4(9)7-3-5(10)8(2)6/h3,6H2,1-2H3,(H,7,9). The number of rotatable bonds is 2. The number of nitrogens with zero attached hydrogens (tertiary/aromatic N) is 1. The largest absolute Gasteiger partial charge is 0.347 e. The van der Waals surface area contributed by atoms with Crippen molar-refractivity contribution in [3.8, 4) is 0 Å². The first-order valence-corrected chi connectivity index (χ1v) is 2.79. The number of carbonyl (C=O) groups is 2. The van der Waals surface area contributed by atoms with Crippen LogP contribution in [0.4, 0.5) is 0 Å². The summed E-state index contributed by atoms with van der Waals surface area (Å²) in [4.78, 5) is 20.9. The zero-order valence-corrected chi connectivity index (χ0v) is 6.05. The molecule has 3 N–H and O–H groups in total. The minimum Gasteiger partial charge on any atom is -0.347 e. The first-order valence-electron chi connectivity index (χ1n) is 2.79. The Bertz CT molecular complexity index is 144. The molecule has 0 spiro atoms. The predicted molar refractivity (Wildman–Crippen MR) is 35.6 cm³/mol. The summed E-state index contributed by atoms with van der Waals surface area (Å²) in [5.74, 6) is 4.49. The lowest BCUT2D eigenvalue weighted by atomic mass is 10.5. The Hall–Kier alpha value is -1.10. The number of nitrogens with one attached hydrogen (secondary N) is 1. The van der Waals surface area contributed by atoms with Crippen LogP contribution < -0.4 is 11.2 Å². The summed E-state index contributed by atoms with van der Waals surface area (Å²) >= 11 is 0. The normalized spacial score (nSPS) is 8.70. The number of amides is 2. The molecule has 0 aliphatic rings. The summed E-state index contributed by atoms with van der Waals surface area (Å²) in [5, 5.41) is 3.24. The first kappa shape index (κ1) is 8.90. The molecule has 0 bridgehead atoms. The summed E-state index contributed by atoms with van der Waals surface area (Å²) in [6.45, 7) is 1.30. The molecule has 0 aliphatic heterocycles. The smallest absolute Gasteiger partial charge is 0.255 e. The van der Waals surface area contributed by atoms with Crippen molar-refractivity contribution < 1.29 is 9.59 Å². The second-order valence-corrected chi connectivity index (χ2v) is 1.91. The van der Waals surface area contributed by atoms with E-state index in [0.29, 0.717) is 0 Å². The van der Waals surface area contributed by atoms with Gasteiger partial charge in [-0.25, -0.2) is 5.84 Å². The third kappa shape index (κ3) is 3.85. The van der Waals surface area contributed by atoms with Crippen molar-refractivity contribution in [2.45, 2.75) is 6.92 Å². The van der Waals surface area contributed by atoms with Crippen molar-refractivity contribution in [3.63, 3.8) is 0 Å². The van der Waals surface area contributed by atoms with Crippen LogP contribution in [0.5, 0.6) is 0 Å². The number of likely N-dealkylation sites (N-methyl/N-ethyl adjacent to an activating group) is 1. The summed E-state index contributed by atoms with van der Waals surface area (Å²) in [6.07, 6.45) is 0. The fourth-order valence-electron chi connectivity index (χ4n) is 0.325. The van der Waals surface area contributed by atoms with E-state index in [-0.39, 0.29) is 18.4 Å². The lowest BCUT2D eigenvalue weighted by Gasteiger charge is -2.08. The maximum Gasteiger partial charge on any atom is 0.255 e. The molecule has 0 heterocycles. The Labute approximate surface area is 59.1 Å². The fourth-order valence-corrected chi connectivity index (χ4v) is 0.325. The van der Waals surface area contributed by atoms with E-state index in [1.807, 2.05) is 0 Å². The van der Waals surface area contributed by atoms with E-state index in [0.717, 1.165) is 5.01 Å². The van der Waals surface area contributed by atoms with Gasteiger partial charge in [-0.1, -0.05) is 0 Å². The topological polar surface area (TPSA) is 75.4 Å². The van der Waals surface area contributed by atoms with Crippen LogP contribution in [0.1, 0.15) is 6.92 Å². The zero-order valence-electron chi connectivity index (χ0n) is 6.05. The van der Waals surface area contributed by atoms with Gasteiger partial charge >= 0.3 is 0 Å². The highest BCUT2D eigenvalue weighted by Crippen LogP contribution is 1.70. The second-order valence-electron chi connectivity index (χ2n) is 1.91. The van der Waals surface area contributed by atoms with Crippen molar-refractivity contribution in [1.82, 2.24) is 10.3 Å². The van der Waals surface area contributed by atoms with E-state index in [1.54, 1.807) is 0 Å². The van der Waals surface area contributed by atoms with Gasteiger partial charge in [-0.15, -0.1) is 0 Å². The van der Waals surface area contributed by atoms with Crippen LogP contribution in [0.25, 0.3) is 0 Å². The molecule has 0 aromatic heterocycles. The predicted octanol–water partition coefficient (Wildman–Crippen LogP) is -1.55. The van der Waals surface area contributed by atoms with Crippen LogP contribution in [0, 0.1) is 0 Å². The van der Waals surface area contributed by atoms with Crippen LogP contribution in [-0.2, 0) is 9.59 Å².